The van der Waals surface area contributed by atoms with Crippen LogP contribution < -0.4 is 11.1 Å². The molecule has 8 nitrogen and oxygen atoms in total. The number of nitro benzene ring substituents is 1. The second kappa shape index (κ2) is 4.58. The zero-order valence-electron chi connectivity index (χ0n) is 11.2. The largest absolute Gasteiger partial charge is 0.382 e. The molecule has 1 aliphatic rings. The predicted octanol–water partition coefficient (Wildman–Crippen LogP) is 1.38. The van der Waals surface area contributed by atoms with Crippen molar-refractivity contribution in [1.82, 2.24) is 9.78 Å². The summed E-state index contributed by atoms with van der Waals surface area (Å²) in [5.74, 6) is 0.556. The zero-order chi connectivity index (χ0) is 15.1. The molecule has 21 heavy (non-hydrogen) atoms. The number of nitrogens with two attached hydrogens (primary N) is 1. The highest BCUT2D eigenvalue weighted by atomic mass is 16.6. The first-order valence-electron chi connectivity index (χ1n) is 6.34. The van der Waals surface area contributed by atoms with Crippen LogP contribution in [0.4, 0.5) is 17.3 Å². The quantitative estimate of drug-likeness (QED) is 0.639. The molecule has 0 aliphatic carbocycles. The molecular formula is C13H13N5O3. The van der Waals surface area contributed by atoms with Gasteiger partial charge < -0.3 is 11.1 Å². The number of carbonyl (C=O) groups excluding carboxylic acids is 1. The number of anilines is 2. The van der Waals surface area contributed by atoms with Crippen LogP contribution >= 0.6 is 0 Å². The van der Waals surface area contributed by atoms with Gasteiger partial charge in [-0.1, -0.05) is 12.1 Å². The Hall–Kier alpha value is -2.90. The summed E-state index contributed by atoms with van der Waals surface area (Å²) in [5.41, 5.74) is 7.49. The van der Waals surface area contributed by atoms with Crippen molar-refractivity contribution in [2.24, 2.45) is 7.05 Å². The van der Waals surface area contributed by atoms with E-state index in [9.17, 15) is 14.9 Å². The summed E-state index contributed by atoms with van der Waals surface area (Å²) in [6.07, 6.45) is 0.237. The molecule has 108 valence electrons. The topological polar surface area (TPSA) is 116 Å². The van der Waals surface area contributed by atoms with Crippen LogP contribution in [0.3, 0.4) is 0 Å². The maximum absolute atomic E-state index is 11.8. The molecule has 1 aliphatic heterocycles. The molecule has 3 rings (SSSR count). The van der Waals surface area contributed by atoms with Crippen LogP contribution in [0, 0.1) is 10.1 Å². The van der Waals surface area contributed by atoms with E-state index in [4.69, 9.17) is 5.73 Å². The number of nitro groups is 1. The van der Waals surface area contributed by atoms with E-state index in [2.05, 4.69) is 10.4 Å². The number of nitrogens with zero attached hydrogens (tertiary/aromatic N) is 3. The second-order valence-electron chi connectivity index (χ2n) is 4.92. The molecule has 0 saturated carbocycles. The highest BCUT2D eigenvalue weighted by molar-refractivity contribution is 5.95. The summed E-state index contributed by atoms with van der Waals surface area (Å²) in [7, 11) is 1.70. The number of carbonyl (C=O) groups is 1. The van der Waals surface area contributed by atoms with Gasteiger partial charge in [-0.05, 0) is 5.56 Å². The lowest BCUT2D eigenvalue weighted by atomic mass is 9.86. The molecule has 2 heterocycles. The lowest BCUT2D eigenvalue weighted by molar-refractivity contribution is -0.384. The molecule has 1 amide bonds. The number of aromatic nitrogens is 2. The number of hydrogen-bond acceptors (Lipinski definition) is 5. The average molecular weight is 287 g/mol. The smallest absolute Gasteiger partial charge is 0.269 e. The van der Waals surface area contributed by atoms with Crippen LogP contribution in [-0.4, -0.2) is 20.6 Å². The fourth-order valence-corrected chi connectivity index (χ4v) is 2.64. The van der Waals surface area contributed by atoms with Gasteiger partial charge in [0, 0.05) is 37.1 Å². The fourth-order valence-electron chi connectivity index (χ4n) is 2.64. The molecule has 0 spiro atoms. The van der Waals surface area contributed by atoms with Crippen LogP contribution in [0.1, 0.15) is 23.5 Å². The van der Waals surface area contributed by atoms with Crippen molar-refractivity contribution in [3.05, 3.63) is 45.5 Å². The molecule has 0 fully saturated rings. The molecule has 2 aromatic rings. The SMILES string of the molecule is Cn1nc(N)c2c1NC(=O)CC2c1ccc([N+](=O)[O-])cc1. The Bertz CT molecular complexity index is 735. The third-order valence-corrected chi connectivity index (χ3v) is 3.61. The van der Waals surface area contributed by atoms with Gasteiger partial charge in [0.2, 0.25) is 5.91 Å². The Morgan fingerprint density at radius 1 is 1.43 bits per heavy atom. The Morgan fingerprint density at radius 3 is 2.71 bits per heavy atom. The molecule has 1 atom stereocenters. The first-order valence-corrected chi connectivity index (χ1v) is 6.34. The van der Waals surface area contributed by atoms with E-state index < -0.39 is 4.92 Å². The fraction of sp³-hybridized carbons (Fsp3) is 0.231. The van der Waals surface area contributed by atoms with Gasteiger partial charge in [0.25, 0.3) is 5.69 Å². The maximum atomic E-state index is 11.8. The van der Waals surface area contributed by atoms with E-state index in [1.54, 1.807) is 19.2 Å². The van der Waals surface area contributed by atoms with Crippen molar-refractivity contribution >= 4 is 23.2 Å². The van der Waals surface area contributed by atoms with Crippen LogP contribution in [-0.2, 0) is 11.8 Å². The molecule has 0 saturated heterocycles. The van der Waals surface area contributed by atoms with Gasteiger partial charge in [-0.25, -0.2) is 0 Å². The minimum atomic E-state index is -0.457. The van der Waals surface area contributed by atoms with Crippen molar-refractivity contribution in [2.45, 2.75) is 12.3 Å². The minimum Gasteiger partial charge on any atom is -0.382 e. The lowest BCUT2D eigenvalue weighted by Crippen LogP contribution is -2.24. The first-order chi connectivity index (χ1) is 9.97. The molecular weight excluding hydrogens is 274 g/mol. The summed E-state index contributed by atoms with van der Waals surface area (Å²) in [6.45, 7) is 0. The Morgan fingerprint density at radius 2 is 2.10 bits per heavy atom. The summed E-state index contributed by atoms with van der Waals surface area (Å²) in [6, 6.07) is 6.15. The van der Waals surface area contributed by atoms with E-state index in [0.717, 1.165) is 11.1 Å². The number of nitrogen functional groups attached to an aromatic ring is 1. The highest BCUT2D eigenvalue weighted by Crippen LogP contribution is 2.40. The van der Waals surface area contributed by atoms with Gasteiger partial charge in [-0.15, -0.1) is 0 Å². The summed E-state index contributed by atoms with van der Waals surface area (Å²) < 4.78 is 1.53. The number of nitrogens with one attached hydrogen (secondary N) is 1. The van der Waals surface area contributed by atoms with E-state index >= 15 is 0 Å². The normalized spacial score (nSPS) is 17.2. The first kappa shape index (κ1) is 13.1. The predicted molar refractivity (Wildman–Crippen MR) is 75.8 cm³/mol. The van der Waals surface area contributed by atoms with Crippen molar-refractivity contribution in [2.75, 3.05) is 11.1 Å². The van der Waals surface area contributed by atoms with Gasteiger partial charge >= 0.3 is 0 Å². The van der Waals surface area contributed by atoms with Gasteiger partial charge in [0.1, 0.15) is 5.82 Å². The van der Waals surface area contributed by atoms with Crippen molar-refractivity contribution in [3.63, 3.8) is 0 Å². The lowest BCUT2D eigenvalue weighted by Gasteiger charge is -2.23. The van der Waals surface area contributed by atoms with Crippen LogP contribution in [0.25, 0.3) is 0 Å². The monoisotopic (exact) mass is 287 g/mol. The van der Waals surface area contributed by atoms with E-state index in [-0.39, 0.29) is 23.9 Å². The molecule has 1 aromatic carbocycles. The van der Waals surface area contributed by atoms with E-state index in [1.165, 1.54) is 16.8 Å². The number of amides is 1. The molecule has 8 heteroatoms. The Kier molecular flexibility index (Phi) is 2.86. The number of non-ortho nitro benzene ring substituents is 1. The molecule has 0 bridgehead atoms. The second-order valence-corrected chi connectivity index (χ2v) is 4.92. The van der Waals surface area contributed by atoms with Crippen LogP contribution in [0.15, 0.2) is 24.3 Å². The number of benzene rings is 1. The summed E-state index contributed by atoms with van der Waals surface area (Å²) >= 11 is 0. The Labute approximate surface area is 119 Å². The van der Waals surface area contributed by atoms with Gasteiger partial charge in [0.05, 0.1) is 4.92 Å². The van der Waals surface area contributed by atoms with E-state index in [0.29, 0.717) is 11.6 Å². The summed E-state index contributed by atoms with van der Waals surface area (Å²) in [4.78, 5) is 22.1. The van der Waals surface area contributed by atoms with Crippen molar-refractivity contribution < 1.29 is 9.72 Å². The minimum absolute atomic E-state index is 0.0124. The summed E-state index contributed by atoms with van der Waals surface area (Å²) in [5, 5.41) is 17.6. The van der Waals surface area contributed by atoms with Gasteiger partial charge in [-0.2, -0.15) is 5.10 Å². The maximum Gasteiger partial charge on any atom is 0.269 e. The zero-order valence-corrected chi connectivity index (χ0v) is 11.2. The van der Waals surface area contributed by atoms with E-state index in [1.807, 2.05) is 0 Å². The number of aryl methyl sites for hydroxylation is 1. The third-order valence-electron chi connectivity index (χ3n) is 3.61. The highest BCUT2D eigenvalue weighted by Gasteiger charge is 2.32. The standard InChI is InChI=1S/C13H13N5O3/c1-17-13-11(12(14)16-17)9(6-10(19)15-13)7-2-4-8(5-3-7)18(20)21/h2-5,9H,6H2,1H3,(H2,14,16)(H,15,19). The molecule has 3 N–H and O–H groups in total. The van der Waals surface area contributed by atoms with Crippen LogP contribution in [0.5, 0.6) is 0 Å². The molecule has 1 unspecified atom stereocenters. The number of fused-ring (bicyclic) bond motifs is 1. The van der Waals surface area contributed by atoms with Crippen molar-refractivity contribution in [1.29, 1.82) is 0 Å². The molecule has 0 radical (unpaired) electrons. The number of rotatable bonds is 2. The van der Waals surface area contributed by atoms with Gasteiger partial charge in [-0.3, -0.25) is 19.6 Å². The van der Waals surface area contributed by atoms with Gasteiger partial charge in [0.15, 0.2) is 5.82 Å². The molecule has 1 aromatic heterocycles. The average Bonchev–Trinajstić information content (AvgIpc) is 2.73. The number of hydrogen-bond donors (Lipinski definition) is 2. The third kappa shape index (κ3) is 2.10. The van der Waals surface area contributed by atoms with Crippen molar-refractivity contribution in [3.8, 4) is 0 Å². The Balaban J connectivity index is 2.07. The van der Waals surface area contributed by atoms with Crippen LogP contribution in [0.2, 0.25) is 0 Å².